The summed E-state index contributed by atoms with van der Waals surface area (Å²) in [5, 5.41) is 0. The lowest BCUT2D eigenvalue weighted by Crippen LogP contribution is -2.16. The Hall–Kier alpha value is -1.04. The summed E-state index contributed by atoms with van der Waals surface area (Å²) >= 11 is 1.88. The van der Waals surface area contributed by atoms with Gasteiger partial charge in [-0.05, 0) is 48.6 Å². The summed E-state index contributed by atoms with van der Waals surface area (Å²) in [6, 6.07) is 5.44. The van der Waals surface area contributed by atoms with Crippen molar-refractivity contribution in [2.45, 2.75) is 26.1 Å². The van der Waals surface area contributed by atoms with E-state index >= 15 is 0 Å². The first-order valence-corrected chi connectivity index (χ1v) is 7.23. The molecule has 1 aromatic carbocycles. The summed E-state index contributed by atoms with van der Waals surface area (Å²) in [7, 11) is 0. The van der Waals surface area contributed by atoms with Gasteiger partial charge in [0.05, 0.1) is 6.61 Å². The fourth-order valence-electron chi connectivity index (χ4n) is 1.38. The van der Waals surface area contributed by atoms with Crippen molar-refractivity contribution in [1.82, 2.24) is 0 Å². The first-order chi connectivity index (χ1) is 9.01. The van der Waals surface area contributed by atoms with Gasteiger partial charge < -0.3 is 9.47 Å². The molecule has 0 unspecified atom stereocenters. The molecule has 0 amide bonds. The fraction of sp³-hybridized carbons (Fsp3) is 0.538. The van der Waals surface area contributed by atoms with E-state index in [-0.39, 0.29) is 5.75 Å². The Labute approximate surface area is 115 Å². The van der Waals surface area contributed by atoms with Crippen LogP contribution in [-0.4, -0.2) is 24.5 Å². The average Bonchev–Trinajstić information content (AvgIpc) is 2.34. The summed E-state index contributed by atoms with van der Waals surface area (Å²) in [5.74, 6) is 2.54. The van der Waals surface area contributed by atoms with E-state index in [1.807, 2.05) is 11.8 Å². The maximum atomic E-state index is 11.9. The lowest BCUT2D eigenvalue weighted by Gasteiger charge is -2.10. The first-order valence-electron chi connectivity index (χ1n) is 6.07. The third-order valence-corrected chi connectivity index (χ3v) is 3.20. The normalized spacial score (nSPS) is 11.4. The molecule has 0 aliphatic heterocycles. The van der Waals surface area contributed by atoms with Crippen LogP contribution in [0.1, 0.15) is 19.8 Å². The molecule has 2 nitrogen and oxygen atoms in total. The zero-order chi connectivity index (χ0) is 14.1. The quantitative estimate of drug-likeness (QED) is 0.658. The van der Waals surface area contributed by atoms with E-state index in [9.17, 15) is 13.2 Å². The third-order valence-electron chi connectivity index (χ3n) is 2.21. The molecule has 0 saturated heterocycles. The molecule has 0 heterocycles. The first kappa shape index (κ1) is 16.0. The third kappa shape index (κ3) is 7.87. The number of rotatable bonds is 8. The van der Waals surface area contributed by atoms with E-state index in [1.54, 1.807) is 0 Å². The largest absolute Gasteiger partial charge is 0.573 e. The van der Waals surface area contributed by atoms with Crippen LogP contribution in [0.25, 0.3) is 0 Å². The van der Waals surface area contributed by atoms with Gasteiger partial charge in [0, 0.05) is 0 Å². The van der Waals surface area contributed by atoms with Crippen LogP contribution < -0.4 is 9.47 Å². The molecule has 6 heteroatoms. The molecule has 0 aliphatic rings. The molecule has 108 valence electrons. The van der Waals surface area contributed by atoms with Crippen molar-refractivity contribution in [3.63, 3.8) is 0 Å². The van der Waals surface area contributed by atoms with Crippen molar-refractivity contribution < 1.29 is 22.6 Å². The number of hydrogen-bond acceptors (Lipinski definition) is 3. The van der Waals surface area contributed by atoms with Crippen LogP contribution in [-0.2, 0) is 0 Å². The summed E-state index contributed by atoms with van der Waals surface area (Å²) in [6.07, 6.45) is -2.64. The van der Waals surface area contributed by atoms with E-state index in [1.165, 1.54) is 24.3 Å². The van der Waals surface area contributed by atoms with Crippen LogP contribution in [0, 0.1) is 0 Å². The molecule has 0 N–H and O–H groups in total. The van der Waals surface area contributed by atoms with Gasteiger partial charge >= 0.3 is 6.36 Å². The minimum atomic E-state index is -4.65. The van der Waals surface area contributed by atoms with Crippen molar-refractivity contribution in [3.8, 4) is 11.5 Å². The highest BCUT2D eigenvalue weighted by Gasteiger charge is 2.30. The lowest BCUT2D eigenvalue weighted by molar-refractivity contribution is -0.274. The molecule has 1 rings (SSSR count). The second-order valence-corrected chi connectivity index (χ2v) is 5.17. The number of hydrogen-bond donors (Lipinski definition) is 0. The fourth-order valence-corrected chi connectivity index (χ4v) is 2.08. The second-order valence-electron chi connectivity index (χ2n) is 3.77. The molecule has 0 aliphatic carbocycles. The maximum absolute atomic E-state index is 11.9. The predicted octanol–water partition coefficient (Wildman–Crippen LogP) is 4.50. The van der Waals surface area contributed by atoms with Gasteiger partial charge in [0.1, 0.15) is 11.5 Å². The van der Waals surface area contributed by atoms with Crippen molar-refractivity contribution in [2.24, 2.45) is 0 Å². The van der Waals surface area contributed by atoms with Crippen molar-refractivity contribution in [2.75, 3.05) is 18.1 Å². The number of benzene rings is 1. The Morgan fingerprint density at radius 1 is 1.05 bits per heavy atom. The average molecular weight is 294 g/mol. The molecule has 19 heavy (non-hydrogen) atoms. The Morgan fingerprint density at radius 3 is 2.26 bits per heavy atom. The molecule has 0 saturated carbocycles. The van der Waals surface area contributed by atoms with Crippen molar-refractivity contribution >= 4 is 11.8 Å². The Balaban J connectivity index is 2.25. The molecule has 1 aromatic rings. The number of ether oxygens (including phenoxy) is 2. The van der Waals surface area contributed by atoms with Gasteiger partial charge in [0.15, 0.2) is 0 Å². The van der Waals surface area contributed by atoms with Crippen LogP contribution in [0.4, 0.5) is 13.2 Å². The lowest BCUT2D eigenvalue weighted by atomic mass is 10.3. The number of alkyl halides is 3. The van der Waals surface area contributed by atoms with Crippen LogP contribution in [0.15, 0.2) is 24.3 Å². The van der Waals surface area contributed by atoms with Gasteiger partial charge in [-0.15, -0.1) is 13.2 Å². The van der Waals surface area contributed by atoms with Crippen molar-refractivity contribution in [1.29, 1.82) is 0 Å². The van der Waals surface area contributed by atoms with Crippen LogP contribution >= 0.6 is 11.8 Å². The summed E-state index contributed by atoms with van der Waals surface area (Å²) in [6.45, 7) is 2.69. The molecular weight excluding hydrogens is 277 g/mol. The molecule has 0 spiro atoms. The summed E-state index contributed by atoms with van der Waals surface area (Å²) < 4.78 is 45.0. The Kier molecular flexibility index (Phi) is 6.91. The predicted molar refractivity (Wildman–Crippen MR) is 70.9 cm³/mol. The van der Waals surface area contributed by atoms with E-state index in [0.29, 0.717) is 12.4 Å². The van der Waals surface area contributed by atoms with Crippen molar-refractivity contribution in [3.05, 3.63) is 24.3 Å². The SMILES string of the molecule is CCSCCCCOc1ccc(OC(F)(F)F)cc1. The number of thioether (sulfide) groups is 1. The van der Waals surface area contributed by atoms with Crippen LogP contribution in [0.2, 0.25) is 0 Å². The van der Waals surface area contributed by atoms with Gasteiger partial charge in [-0.25, -0.2) is 0 Å². The van der Waals surface area contributed by atoms with E-state index < -0.39 is 6.36 Å². The smallest absolute Gasteiger partial charge is 0.494 e. The van der Waals surface area contributed by atoms with Gasteiger partial charge in [-0.2, -0.15) is 11.8 Å². The number of halogens is 3. The molecular formula is C13H17F3O2S. The van der Waals surface area contributed by atoms with Gasteiger partial charge in [-0.3, -0.25) is 0 Å². The molecule has 0 aromatic heterocycles. The topological polar surface area (TPSA) is 18.5 Å². The Bertz CT molecular complexity index is 352. The van der Waals surface area contributed by atoms with Crippen LogP contribution in [0.3, 0.4) is 0 Å². The zero-order valence-corrected chi connectivity index (χ0v) is 11.5. The minimum Gasteiger partial charge on any atom is -0.494 e. The molecule has 0 radical (unpaired) electrons. The Morgan fingerprint density at radius 2 is 1.68 bits per heavy atom. The highest BCUT2D eigenvalue weighted by Crippen LogP contribution is 2.24. The van der Waals surface area contributed by atoms with E-state index in [4.69, 9.17) is 4.74 Å². The van der Waals surface area contributed by atoms with E-state index in [2.05, 4.69) is 11.7 Å². The minimum absolute atomic E-state index is 0.237. The molecule has 0 atom stereocenters. The second kappa shape index (κ2) is 8.19. The highest BCUT2D eigenvalue weighted by molar-refractivity contribution is 7.99. The van der Waals surface area contributed by atoms with Gasteiger partial charge in [-0.1, -0.05) is 6.92 Å². The van der Waals surface area contributed by atoms with Crippen LogP contribution in [0.5, 0.6) is 11.5 Å². The molecule has 0 fully saturated rings. The standard InChI is InChI=1S/C13H17F3O2S/c1-2-19-10-4-3-9-17-11-5-7-12(8-6-11)18-13(14,15)16/h5-8H,2-4,9-10H2,1H3. The summed E-state index contributed by atoms with van der Waals surface area (Å²) in [4.78, 5) is 0. The van der Waals surface area contributed by atoms with E-state index in [0.717, 1.165) is 24.3 Å². The summed E-state index contributed by atoms with van der Waals surface area (Å²) in [5.41, 5.74) is 0. The van der Waals surface area contributed by atoms with Gasteiger partial charge in [0.25, 0.3) is 0 Å². The zero-order valence-electron chi connectivity index (χ0n) is 10.7. The number of unbranched alkanes of at least 4 members (excludes halogenated alkanes) is 1. The maximum Gasteiger partial charge on any atom is 0.573 e. The highest BCUT2D eigenvalue weighted by atomic mass is 32.2. The monoisotopic (exact) mass is 294 g/mol. The molecule has 0 bridgehead atoms. The van der Waals surface area contributed by atoms with Gasteiger partial charge in [0.2, 0.25) is 0 Å².